The number of carbonyl (C=O) groups is 1. The summed E-state index contributed by atoms with van der Waals surface area (Å²) >= 11 is 1.17. The van der Waals surface area contributed by atoms with E-state index in [1.54, 1.807) is 37.4 Å². The highest BCUT2D eigenvalue weighted by molar-refractivity contribution is 7.20. The van der Waals surface area contributed by atoms with Crippen molar-refractivity contribution in [1.29, 1.82) is 0 Å². The Kier molecular flexibility index (Phi) is 2.98. The number of anilines is 1. The van der Waals surface area contributed by atoms with Gasteiger partial charge in [0, 0.05) is 12.3 Å². The second kappa shape index (κ2) is 5.03. The largest absolute Gasteiger partial charge is 0.360 e. The molecule has 0 bridgehead atoms. The second-order valence-corrected chi connectivity index (χ2v) is 5.98. The Hall–Kier alpha value is -3.00. The first-order chi connectivity index (χ1) is 11.1. The van der Waals surface area contributed by atoms with Crippen molar-refractivity contribution < 1.29 is 9.32 Å². The van der Waals surface area contributed by atoms with Gasteiger partial charge in [0.15, 0.2) is 5.82 Å². The van der Waals surface area contributed by atoms with E-state index in [-0.39, 0.29) is 11.5 Å². The molecule has 1 amide bonds. The van der Waals surface area contributed by atoms with E-state index < -0.39 is 0 Å². The van der Waals surface area contributed by atoms with Crippen LogP contribution in [0.5, 0.6) is 0 Å². The van der Waals surface area contributed by atoms with Gasteiger partial charge >= 0.3 is 0 Å². The van der Waals surface area contributed by atoms with Crippen LogP contribution in [-0.4, -0.2) is 20.4 Å². The van der Waals surface area contributed by atoms with E-state index in [1.165, 1.54) is 15.7 Å². The normalized spacial score (nSPS) is 11.2. The predicted molar refractivity (Wildman–Crippen MR) is 86.0 cm³/mol. The number of nitrogens with one attached hydrogen (secondary N) is 1. The number of aromatic nitrogens is 3. The molecular weight excluding hydrogens is 316 g/mol. The van der Waals surface area contributed by atoms with Crippen LogP contribution in [0.25, 0.3) is 15.9 Å². The number of amides is 1. The lowest BCUT2D eigenvalue weighted by Crippen LogP contribution is -2.13. The maximum absolute atomic E-state index is 12.5. The third kappa shape index (κ3) is 2.29. The monoisotopic (exact) mass is 326 g/mol. The molecule has 8 heteroatoms. The Morgan fingerprint density at radius 1 is 1.35 bits per heavy atom. The highest BCUT2D eigenvalue weighted by Crippen LogP contribution is 2.23. The Labute approximate surface area is 133 Å². The van der Waals surface area contributed by atoms with Crippen molar-refractivity contribution in [3.8, 4) is 0 Å². The zero-order chi connectivity index (χ0) is 16.0. The van der Waals surface area contributed by atoms with Crippen molar-refractivity contribution >= 4 is 38.9 Å². The van der Waals surface area contributed by atoms with Gasteiger partial charge in [-0.25, -0.2) is 4.98 Å². The van der Waals surface area contributed by atoms with E-state index in [4.69, 9.17) is 4.52 Å². The van der Waals surface area contributed by atoms with Crippen molar-refractivity contribution in [2.45, 2.75) is 6.92 Å². The summed E-state index contributed by atoms with van der Waals surface area (Å²) in [4.78, 5) is 30.1. The minimum atomic E-state index is -0.352. The van der Waals surface area contributed by atoms with Gasteiger partial charge < -0.3 is 9.84 Å². The molecule has 0 saturated carbocycles. The molecule has 4 aromatic heterocycles. The number of carbonyl (C=O) groups excluding carboxylic acids is 1. The molecule has 4 rings (SSSR count). The quantitative estimate of drug-likeness (QED) is 0.611. The second-order valence-electron chi connectivity index (χ2n) is 4.95. The topological polar surface area (TPSA) is 89.5 Å². The standard InChI is InChI=1S/C15H10N4O3S/c1-8-6-11(18-22-8)16-13(20)10-7-9-14(23-10)17-12-4-2-3-5-19(12)15(9)21/h2-7H,1H3,(H,16,18,20). The third-order valence-corrected chi connectivity index (χ3v) is 4.34. The van der Waals surface area contributed by atoms with Gasteiger partial charge in [0.1, 0.15) is 16.2 Å². The first-order valence-corrected chi connectivity index (χ1v) is 7.59. The molecule has 23 heavy (non-hydrogen) atoms. The van der Waals surface area contributed by atoms with Crippen molar-refractivity contribution in [2.24, 2.45) is 0 Å². The first kappa shape index (κ1) is 13.6. The Bertz CT molecular complexity index is 1110. The molecule has 114 valence electrons. The molecule has 4 aromatic rings. The minimum Gasteiger partial charge on any atom is -0.360 e. The third-order valence-electron chi connectivity index (χ3n) is 3.31. The molecule has 0 spiro atoms. The van der Waals surface area contributed by atoms with E-state index >= 15 is 0 Å². The predicted octanol–water partition coefficient (Wildman–Crippen LogP) is 2.46. The van der Waals surface area contributed by atoms with Crippen LogP contribution in [0.15, 0.2) is 45.8 Å². The molecule has 0 fully saturated rings. The minimum absolute atomic E-state index is 0.196. The van der Waals surface area contributed by atoms with Crippen LogP contribution >= 0.6 is 11.3 Å². The Balaban J connectivity index is 1.79. The van der Waals surface area contributed by atoms with E-state index in [0.717, 1.165) is 0 Å². The van der Waals surface area contributed by atoms with Crippen molar-refractivity contribution in [1.82, 2.24) is 14.5 Å². The molecule has 4 heterocycles. The summed E-state index contributed by atoms with van der Waals surface area (Å²) in [6, 6.07) is 8.48. The number of thiophene rings is 1. The van der Waals surface area contributed by atoms with Gasteiger partial charge in [-0.15, -0.1) is 11.3 Å². The van der Waals surface area contributed by atoms with Crippen LogP contribution in [-0.2, 0) is 0 Å². The number of pyridine rings is 1. The van der Waals surface area contributed by atoms with Crippen molar-refractivity contribution in [2.75, 3.05) is 5.32 Å². The van der Waals surface area contributed by atoms with E-state index in [9.17, 15) is 9.59 Å². The summed E-state index contributed by atoms with van der Waals surface area (Å²) in [5, 5.41) is 6.76. The molecule has 7 nitrogen and oxygen atoms in total. The highest BCUT2D eigenvalue weighted by atomic mass is 32.1. The fraction of sp³-hybridized carbons (Fsp3) is 0.0667. The van der Waals surface area contributed by atoms with Gasteiger partial charge in [-0.1, -0.05) is 11.2 Å². The Morgan fingerprint density at radius 2 is 2.22 bits per heavy atom. The van der Waals surface area contributed by atoms with Gasteiger partial charge in [-0.3, -0.25) is 14.0 Å². The van der Waals surface area contributed by atoms with Crippen LogP contribution < -0.4 is 10.9 Å². The molecule has 0 aliphatic carbocycles. The average molecular weight is 326 g/mol. The number of aryl methyl sites for hydroxylation is 1. The highest BCUT2D eigenvalue weighted by Gasteiger charge is 2.16. The van der Waals surface area contributed by atoms with E-state index in [2.05, 4.69) is 15.5 Å². The lowest BCUT2D eigenvalue weighted by molar-refractivity contribution is 0.102. The van der Waals surface area contributed by atoms with Crippen LogP contribution in [0, 0.1) is 6.92 Å². The molecule has 1 N–H and O–H groups in total. The number of hydrogen-bond donors (Lipinski definition) is 1. The summed E-state index contributed by atoms with van der Waals surface area (Å²) in [5.41, 5.74) is 0.351. The van der Waals surface area contributed by atoms with Crippen molar-refractivity contribution in [3.05, 3.63) is 57.5 Å². The molecule has 0 atom stereocenters. The van der Waals surface area contributed by atoms with Crippen LogP contribution in [0.2, 0.25) is 0 Å². The van der Waals surface area contributed by atoms with Crippen LogP contribution in [0.4, 0.5) is 5.82 Å². The molecule has 0 aromatic carbocycles. The maximum Gasteiger partial charge on any atom is 0.267 e. The smallest absolute Gasteiger partial charge is 0.267 e. The maximum atomic E-state index is 12.5. The number of hydrogen-bond acceptors (Lipinski definition) is 6. The Morgan fingerprint density at radius 3 is 3.00 bits per heavy atom. The van der Waals surface area contributed by atoms with Crippen LogP contribution in [0.3, 0.4) is 0 Å². The van der Waals surface area contributed by atoms with Gasteiger partial charge in [0.25, 0.3) is 11.5 Å². The summed E-state index contributed by atoms with van der Waals surface area (Å²) in [6.07, 6.45) is 1.65. The molecular formula is C15H10N4O3S. The summed E-state index contributed by atoms with van der Waals surface area (Å²) in [6.45, 7) is 1.73. The van der Waals surface area contributed by atoms with Crippen molar-refractivity contribution in [3.63, 3.8) is 0 Å². The van der Waals surface area contributed by atoms with E-state index in [0.29, 0.717) is 32.3 Å². The number of rotatable bonds is 2. The fourth-order valence-electron chi connectivity index (χ4n) is 2.26. The SMILES string of the molecule is Cc1cc(NC(=O)c2cc3c(=O)n4ccccc4nc3s2)no1. The lowest BCUT2D eigenvalue weighted by Gasteiger charge is -1.97. The number of fused-ring (bicyclic) bond motifs is 2. The molecule has 0 unspecified atom stereocenters. The van der Waals surface area contributed by atoms with Gasteiger partial charge in [-0.05, 0) is 25.1 Å². The lowest BCUT2D eigenvalue weighted by atomic mass is 10.3. The average Bonchev–Trinajstić information content (AvgIpc) is 3.14. The molecule has 0 radical (unpaired) electrons. The van der Waals surface area contributed by atoms with Gasteiger partial charge in [-0.2, -0.15) is 0 Å². The molecule has 0 saturated heterocycles. The fourth-order valence-corrected chi connectivity index (χ4v) is 3.19. The molecule has 0 aliphatic heterocycles. The van der Waals surface area contributed by atoms with E-state index in [1.807, 2.05) is 6.07 Å². The summed E-state index contributed by atoms with van der Waals surface area (Å²) in [7, 11) is 0. The van der Waals surface area contributed by atoms with Gasteiger partial charge in [0.05, 0.1) is 10.3 Å². The molecule has 0 aliphatic rings. The zero-order valence-electron chi connectivity index (χ0n) is 11.9. The van der Waals surface area contributed by atoms with Crippen LogP contribution in [0.1, 0.15) is 15.4 Å². The first-order valence-electron chi connectivity index (χ1n) is 6.77. The zero-order valence-corrected chi connectivity index (χ0v) is 12.8. The number of nitrogens with zero attached hydrogens (tertiary/aromatic N) is 3. The summed E-state index contributed by atoms with van der Waals surface area (Å²) in [5.74, 6) is 0.581. The van der Waals surface area contributed by atoms with Gasteiger partial charge in [0.2, 0.25) is 0 Å². The summed E-state index contributed by atoms with van der Waals surface area (Å²) < 4.78 is 6.36.